The molecule has 7 nitrogen and oxygen atoms in total. The molecule has 0 spiro atoms. The van der Waals surface area contributed by atoms with Crippen LogP contribution in [0.15, 0.2) is 72.9 Å². The Bertz CT molecular complexity index is 1470. The average Bonchev–Trinajstić information content (AvgIpc) is 2.89. The lowest BCUT2D eigenvalue weighted by Gasteiger charge is -2.24. The lowest BCUT2D eigenvalue weighted by Crippen LogP contribution is -2.20. The Kier molecular flexibility index (Phi) is 7.08. The van der Waals surface area contributed by atoms with Crippen molar-refractivity contribution in [1.82, 2.24) is 9.97 Å². The summed E-state index contributed by atoms with van der Waals surface area (Å²) in [6.45, 7) is 0.301. The number of fused-ring (bicyclic) bond motifs is 1. The summed E-state index contributed by atoms with van der Waals surface area (Å²) < 4.78 is 11.5. The van der Waals surface area contributed by atoms with Crippen molar-refractivity contribution in [3.05, 3.63) is 99.8 Å². The van der Waals surface area contributed by atoms with Crippen LogP contribution in [0.1, 0.15) is 34.0 Å². The molecule has 3 aromatic carbocycles. The number of rotatable bonds is 7. The number of ether oxygens (including phenoxy) is 2. The first kappa shape index (κ1) is 24.7. The number of hydrogen-bond acceptors (Lipinski definition) is 6. The molecule has 1 unspecified atom stereocenters. The van der Waals surface area contributed by atoms with E-state index in [0.29, 0.717) is 57.9 Å². The minimum absolute atomic E-state index is 0.104. The standard InChI is InChI=1S/C28H20Cl2N2O5/c29-18-5-1-17(2-6-18)27-31-11-9-19(32-27)13-24(33)16-3-7-20(8-4-16)37-26-15-25-22(14-23(26)30)21(28(34)35)10-12-36-25/h1-9,11,14-15,21H,10,12-13H2,(H,34,35). The van der Waals surface area contributed by atoms with Crippen LogP contribution in [0.5, 0.6) is 17.2 Å². The lowest BCUT2D eigenvalue weighted by molar-refractivity contribution is -0.139. The summed E-state index contributed by atoms with van der Waals surface area (Å²) in [5.41, 5.74) is 2.44. The molecule has 0 aliphatic carbocycles. The molecule has 1 aliphatic heterocycles. The Morgan fingerprint density at radius 3 is 2.51 bits per heavy atom. The van der Waals surface area contributed by atoms with Crippen molar-refractivity contribution >= 4 is 35.0 Å². The summed E-state index contributed by atoms with van der Waals surface area (Å²) in [5.74, 6) is 0.0685. The molecule has 37 heavy (non-hydrogen) atoms. The molecule has 9 heteroatoms. The van der Waals surface area contributed by atoms with Crippen molar-refractivity contribution in [3.8, 4) is 28.6 Å². The Morgan fingerprint density at radius 2 is 1.78 bits per heavy atom. The first-order valence-corrected chi connectivity index (χ1v) is 12.2. The van der Waals surface area contributed by atoms with Crippen molar-refractivity contribution in [1.29, 1.82) is 0 Å². The van der Waals surface area contributed by atoms with Crippen molar-refractivity contribution in [2.45, 2.75) is 18.8 Å². The summed E-state index contributed by atoms with van der Waals surface area (Å²) in [4.78, 5) is 33.2. The highest BCUT2D eigenvalue weighted by molar-refractivity contribution is 6.32. The highest BCUT2D eigenvalue weighted by Gasteiger charge is 2.29. The number of halogens is 2. The Balaban J connectivity index is 1.28. The van der Waals surface area contributed by atoms with E-state index >= 15 is 0 Å². The molecular formula is C28H20Cl2N2O5. The second-order valence-electron chi connectivity index (χ2n) is 8.45. The molecule has 0 bridgehead atoms. The van der Waals surface area contributed by atoms with Crippen LogP contribution in [0.25, 0.3) is 11.4 Å². The van der Waals surface area contributed by atoms with Gasteiger partial charge in [0.25, 0.3) is 0 Å². The van der Waals surface area contributed by atoms with E-state index in [1.54, 1.807) is 60.8 Å². The van der Waals surface area contributed by atoms with Gasteiger partial charge >= 0.3 is 5.97 Å². The zero-order valence-corrected chi connectivity index (χ0v) is 20.9. The number of carbonyl (C=O) groups excluding carboxylic acids is 1. The molecular weight excluding hydrogens is 515 g/mol. The van der Waals surface area contributed by atoms with Gasteiger partial charge in [-0.15, -0.1) is 0 Å². The topological polar surface area (TPSA) is 98.6 Å². The molecule has 1 aliphatic rings. The number of ketones is 1. The molecule has 0 amide bonds. The van der Waals surface area contributed by atoms with Crippen LogP contribution >= 0.6 is 23.2 Å². The van der Waals surface area contributed by atoms with Crippen molar-refractivity contribution in [2.75, 3.05) is 6.61 Å². The van der Waals surface area contributed by atoms with E-state index < -0.39 is 11.9 Å². The molecule has 186 valence electrons. The van der Waals surface area contributed by atoms with E-state index in [2.05, 4.69) is 9.97 Å². The van der Waals surface area contributed by atoms with Crippen molar-refractivity contribution in [3.63, 3.8) is 0 Å². The van der Waals surface area contributed by atoms with Gasteiger partial charge in [-0.2, -0.15) is 0 Å². The number of benzene rings is 3. The summed E-state index contributed by atoms with van der Waals surface area (Å²) in [7, 11) is 0. The number of aliphatic carboxylic acids is 1. The third-order valence-electron chi connectivity index (χ3n) is 5.96. The highest BCUT2D eigenvalue weighted by Crippen LogP contribution is 2.41. The number of Topliss-reactive ketones (excluding diaryl/α,β-unsaturated/α-hetero) is 1. The van der Waals surface area contributed by atoms with Crippen molar-refractivity contribution < 1.29 is 24.2 Å². The number of carboxylic acids is 1. The molecule has 2 heterocycles. The van der Waals surface area contributed by atoms with E-state index in [0.717, 1.165) is 5.56 Å². The summed E-state index contributed by atoms with van der Waals surface area (Å²) in [6.07, 6.45) is 2.12. The Morgan fingerprint density at radius 1 is 1.03 bits per heavy atom. The predicted octanol–water partition coefficient (Wildman–Crippen LogP) is 6.62. The minimum atomic E-state index is -0.919. The van der Waals surface area contributed by atoms with Gasteiger partial charge in [0.15, 0.2) is 11.6 Å². The van der Waals surface area contributed by atoms with Gasteiger partial charge in [0, 0.05) is 34.0 Å². The van der Waals surface area contributed by atoms with E-state index in [1.807, 2.05) is 12.1 Å². The van der Waals surface area contributed by atoms with Gasteiger partial charge in [-0.3, -0.25) is 9.59 Å². The SMILES string of the molecule is O=C(Cc1ccnc(-c2ccc(Cl)cc2)n1)c1ccc(Oc2cc3c(cc2Cl)C(C(=O)O)CCO3)cc1. The van der Waals surface area contributed by atoms with Crippen LogP contribution in [0, 0.1) is 0 Å². The molecule has 1 N–H and O–H groups in total. The van der Waals surface area contributed by atoms with Crippen LogP contribution in [-0.2, 0) is 11.2 Å². The van der Waals surface area contributed by atoms with Crippen LogP contribution in [-0.4, -0.2) is 33.4 Å². The van der Waals surface area contributed by atoms with E-state index in [9.17, 15) is 14.7 Å². The monoisotopic (exact) mass is 534 g/mol. The fourth-order valence-electron chi connectivity index (χ4n) is 4.06. The lowest BCUT2D eigenvalue weighted by atomic mass is 9.93. The van der Waals surface area contributed by atoms with Gasteiger partial charge in [0.1, 0.15) is 17.2 Å². The maximum absolute atomic E-state index is 12.9. The van der Waals surface area contributed by atoms with Gasteiger partial charge in [0.2, 0.25) is 0 Å². The predicted molar refractivity (Wildman–Crippen MR) is 139 cm³/mol. The highest BCUT2D eigenvalue weighted by atomic mass is 35.5. The number of hydrogen-bond donors (Lipinski definition) is 1. The summed E-state index contributed by atoms with van der Waals surface area (Å²) in [6, 6.07) is 18.7. The molecule has 0 fully saturated rings. The van der Waals surface area contributed by atoms with E-state index in [4.69, 9.17) is 32.7 Å². The molecule has 1 atom stereocenters. The minimum Gasteiger partial charge on any atom is -0.493 e. The second-order valence-corrected chi connectivity index (χ2v) is 9.30. The zero-order valence-electron chi connectivity index (χ0n) is 19.4. The van der Waals surface area contributed by atoms with Gasteiger partial charge in [-0.1, -0.05) is 23.2 Å². The first-order valence-electron chi connectivity index (χ1n) is 11.5. The fraction of sp³-hybridized carbons (Fsp3) is 0.143. The fourth-order valence-corrected chi connectivity index (χ4v) is 4.40. The van der Waals surface area contributed by atoms with Crippen molar-refractivity contribution in [2.24, 2.45) is 0 Å². The molecule has 0 saturated heterocycles. The van der Waals surface area contributed by atoms with Crippen LogP contribution in [0.2, 0.25) is 10.0 Å². The first-order chi connectivity index (χ1) is 17.9. The smallest absolute Gasteiger partial charge is 0.311 e. The third-order valence-corrected chi connectivity index (χ3v) is 6.51. The van der Waals surface area contributed by atoms with Gasteiger partial charge < -0.3 is 14.6 Å². The summed E-state index contributed by atoms with van der Waals surface area (Å²) >= 11 is 12.3. The molecule has 4 aromatic rings. The Labute approximate surface area is 222 Å². The molecule has 1 aromatic heterocycles. The Hall–Kier alpha value is -3.94. The average molecular weight is 535 g/mol. The van der Waals surface area contributed by atoms with Gasteiger partial charge in [-0.25, -0.2) is 9.97 Å². The molecule has 0 saturated carbocycles. The maximum atomic E-state index is 12.9. The third kappa shape index (κ3) is 5.58. The second kappa shape index (κ2) is 10.6. The number of nitrogens with zero attached hydrogens (tertiary/aromatic N) is 2. The number of carbonyl (C=O) groups is 2. The van der Waals surface area contributed by atoms with Crippen LogP contribution in [0.4, 0.5) is 0 Å². The number of carboxylic acid groups (broad SMARTS) is 1. The summed E-state index contributed by atoms with van der Waals surface area (Å²) in [5, 5.41) is 10.3. The molecule has 0 radical (unpaired) electrons. The van der Waals surface area contributed by atoms with Crippen LogP contribution < -0.4 is 9.47 Å². The van der Waals surface area contributed by atoms with E-state index in [1.165, 1.54) is 0 Å². The largest absolute Gasteiger partial charge is 0.493 e. The zero-order chi connectivity index (χ0) is 25.9. The van der Waals surface area contributed by atoms with Gasteiger partial charge in [0.05, 0.1) is 29.7 Å². The molecule has 5 rings (SSSR count). The quantitative estimate of drug-likeness (QED) is 0.266. The van der Waals surface area contributed by atoms with Gasteiger partial charge in [-0.05, 0) is 67.1 Å². The van der Waals surface area contributed by atoms with Crippen LogP contribution in [0.3, 0.4) is 0 Å². The normalized spacial score (nSPS) is 14.4. The van der Waals surface area contributed by atoms with E-state index in [-0.39, 0.29) is 17.2 Å². The number of aromatic nitrogens is 2. The maximum Gasteiger partial charge on any atom is 0.311 e.